The second-order valence-corrected chi connectivity index (χ2v) is 9.96. The SMILES string of the molecule is O=C(c1ccc(-n2ccnc2)nc1)N1CCN(c2ccc(S(=O)(=O)N3CCOCC3)cn2)CC1. The predicted molar refractivity (Wildman–Crippen MR) is 123 cm³/mol. The standard InChI is InChI=1S/C22H25N7O4S/c30-22(18-1-3-21(24-15-18)28-6-5-23-17-28)27-9-7-26(8-10-27)20-4-2-19(16-25-20)34(31,32)29-11-13-33-14-12-29/h1-6,15-17H,7-14H2. The van der Waals surface area contributed by atoms with Gasteiger partial charge in [-0.1, -0.05) is 0 Å². The van der Waals surface area contributed by atoms with Crippen LogP contribution in [0.3, 0.4) is 0 Å². The van der Waals surface area contributed by atoms with Gasteiger partial charge in [-0.25, -0.2) is 23.4 Å². The Bertz CT molecular complexity index is 1220. The van der Waals surface area contributed by atoms with Gasteiger partial charge in [0.15, 0.2) is 0 Å². The molecule has 0 bridgehead atoms. The largest absolute Gasteiger partial charge is 0.379 e. The van der Waals surface area contributed by atoms with Crippen molar-refractivity contribution < 1.29 is 17.9 Å². The maximum Gasteiger partial charge on any atom is 0.255 e. The van der Waals surface area contributed by atoms with E-state index >= 15 is 0 Å². The number of aromatic nitrogens is 4. The summed E-state index contributed by atoms with van der Waals surface area (Å²) in [6.07, 6.45) is 8.11. The number of pyridine rings is 2. The highest BCUT2D eigenvalue weighted by molar-refractivity contribution is 7.89. The normalized spacial score (nSPS) is 17.6. The molecule has 2 aliphatic rings. The number of rotatable bonds is 5. The van der Waals surface area contributed by atoms with Crippen LogP contribution in [0.2, 0.25) is 0 Å². The first-order valence-electron chi connectivity index (χ1n) is 11.0. The minimum atomic E-state index is -3.57. The first-order chi connectivity index (χ1) is 16.5. The number of piperazine rings is 1. The van der Waals surface area contributed by atoms with Crippen molar-refractivity contribution in [1.29, 1.82) is 0 Å². The van der Waals surface area contributed by atoms with E-state index in [0.717, 1.165) is 0 Å². The third-order valence-corrected chi connectivity index (χ3v) is 7.87. The fraction of sp³-hybridized carbons (Fsp3) is 0.364. The molecule has 178 valence electrons. The van der Waals surface area contributed by atoms with Crippen molar-refractivity contribution in [2.75, 3.05) is 57.4 Å². The zero-order chi connectivity index (χ0) is 23.5. The molecule has 11 nitrogen and oxygen atoms in total. The molecule has 0 aromatic carbocycles. The van der Waals surface area contributed by atoms with Crippen LogP contribution in [0.5, 0.6) is 0 Å². The second kappa shape index (κ2) is 9.49. The van der Waals surface area contributed by atoms with Crippen LogP contribution in [-0.4, -0.2) is 95.5 Å². The number of amides is 1. The number of anilines is 1. The fourth-order valence-electron chi connectivity index (χ4n) is 4.03. The van der Waals surface area contributed by atoms with Gasteiger partial charge in [0, 0.05) is 64.1 Å². The highest BCUT2D eigenvalue weighted by Gasteiger charge is 2.27. The molecule has 0 unspecified atom stereocenters. The maximum absolute atomic E-state index is 12.9. The number of hydrogen-bond donors (Lipinski definition) is 0. The van der Waals surface area contributed by atoms with Crippen LogP contribution in [-0.2, 0) is 14.8 Å². The number of sulfonamides is 1. The summed E-state index contributed by atoms with van der Waals surface area (Å²) >= 11 is 0. The molecule has 0 N–H and O–H groups in total. The number of carbonyl (C=O) groups is 1. The Labute approximate surface area is 197 Å². The van der Waals surface area contributed by atoms with E-state index in [2.05, 4.69) is 19.9 Å². The van der Waals surface area contributed by atoms with Crippen LogP contribution in [0.1, 0.15) is 10.4 Å². The average molecular weight is 484 g/mol. The summed E-state index contributed by atoms with van der Waals surface area (Å²) in [5, 5.41) is 0. The van der Waals surface area contributed by atoms with Crippen LogP contribution >= 0.6 is 0 Å². The lowest BCUT2D eigenvalue weighted by molar-refractivity contribution is 0.0730. The van der Waals surface area contributed by atoms with Gasteiger partial charge in [0.1, 0.15) is 22.9 Å². The summed E-state index contributed by atoms with van der Waals surface area (Å²) in [7, 11) is -3.57. The number of hydrogen-bond acceptors (Lipinski definition) is 8. The molecule has 0 aliphatic carbocycles. The highest BCUT2D eigenvalue weighted by Crippen LogP contribution is 2.20. The fourth-order valence-corrected chi connectivity index (χ4v) is 5.38. The summed E-state index contributed by atoms with van der Waals surface area (Å²) in [4.78, 5) is 29.7. The van der Waals surface area contributed by atoms with Crippen molar-refractivity contribution in [1.82, 2.24) is 28.7 Å². The van der Waals surface area contributed by atoms with E-state index in [1.54, 1.807) is 58.7 Å². The molecule has 2 saturated heterocycles. The summed E-state index contributed by atoms with van der Waals surface area (Å²) in [6, 6.07) is 6.88. The summed E-state index contributed by atoms with van der Waals surface area (Å²) in [6.45, 7) is 3.79. The lowest BCUT2D eigenvalue weighted by Gasteiger charge is -2.35. The smallest absolute Gasteiger partial charge is 0.255 e. The minimum Gasteiger partial charge on any atom is -0.379 e. The Kier molecular flexibility index (Phi) is 6.26. The van der Waals surface area contributed by atoms with Crippen molar-refractivity contribution in [3.05, 3.63) is 60.9 Å². The Morgan fingerprint density at radius 3 is 2.24 bits per heavy atom. The summed E-state index contributed by atoms with van der Waals surface area (Å²) in [5.74, 6) is 1.33. The summed E-state index contributed by atoms with van der Waals surface area (Å²) in [5.41, 5.74) is 0.535. The highest BCUT2D eigenvalue weighted by atomic mass is 32.2. The number of morpholine rings is 1. The van der Waals surface area contributed by atoms with Crippen LogP contribution < -0.4 is 4.90 Å². The van der Waals surface area contributed by atoms with E-state index in [9.17, 15) is 13.2 Å². The quantitative estimate of drug-likeness (QED) is 0.520. The van der Waals surface area contributed by atoms with Gasteiger partial charge in [0.25, 0.3) is 5.91 Å². The average Bonchev–Trinajstić information content (AvgIpc) is 3.44. The van der Waals surface area contributed by atoms with E-state index in [0.29, 0.717) is 69.7 Å². The molecule has 34 heavy (non-hydrogen) atoms. The summed E-state index contributed by atoms with van der Waals surface area (Å²) < 4.78 is 34.0. The minimum absolute atomic E-state index is 0.0655. The molecule has 12 heteroatoms. The molecule has 5 heterocycles. The molecule has 5 rings (SSSR count). The zero-order valence-corrected chi connectivity index (χ0v) is 19.3. The van der Waals surface area contributed by atoms with E-state index in [1.165, 1.54) is 10.5 Å². The van der Waals surface area contributed by atoms with E-state index in [1.807, 2.05) is 0 Å². The Hall–Kier alpha value is -3.35. The number of carbonyl (C=O) groups excluding carboxylic acids is 1. The molecular weight excluding hydrogens is 458 g/mol. The van der Waals surface area contributed by atoms with Gasteiger partial charge >= 0.3 is 0 Å². The van der Waals surface area contributed by atoms with Crippen molar-refractivity contribution in [3.63, 3.8) is 0 Å². The van der Waals surface area contributed by atoms with Crippen LogP contribution in [0.15, 0.2) is 60.3 Å². The van der Waals surface area contributed by atoms with Crippen molar-refractivity contribution >= 4 is 21.7 Å². The Morgan fingerprint density at radius 1 is 0.882 bits per heavy atom. The molecule has 2 aliphatic heterocycles. The van der Waals surface area contributed by atoms with Crippen molar-refractivity contribution in [2.45, 2.75) is 4.90 Å². The molecule has 3 aromatic rings. The molecule has 0 radical (unpaired) electrons. The third kappa shape index (κ3) is 4.52. The van der Waals surface area contributed by atoms with Gasteiger partial charge in [0.05, 0.1) is 18.8 Å². The number of imidazole rings is 1. The molecular formula is C22H25N7O4S. The maximum atomic E-state index is 12.9. The zero-order valence-electron chi connectivity index (χ0n) is 18.5. The predicted octanol–water partition coefficient (Wildman–Crippen LogP) is 0.646. The lowest BCUT2D eigenvalue weighted by Crippen LogP contribution is -2.49. The molecule has 1 amide bonds. The Balaban J connectivity index is 1.19. The molecule has 0 saturated carbocycles. The topological polar surface area (TPSA) is 114 Å². The van der Waals surface area contributed by atoms with Crippen molar-refractivity contribution in [2.24, 2.45) is 0 Å². The molecule has 2 fully saturated rings. The first-order valence-corrected chi connectivity index (χ1v) is 12.5. The third-order valence-electron chi connectivity index (χ3n) is 5.98. The van der Waals surface area contributed by atoms with Gasteiger partial charge < -0.3 is 14.5 Å². The van der Waals surface area contributed by atoms with Gasteiger partial charge in [-0.2, -0.15) is 4.31 Å². The Morgan fingerprint density at radius 2 is 1.62 bits per heavy atom. The monoisotopic (exact) mass is 483 g/mol. The van der Waals surface area contributed by atoms with Crippen LogP contribution in [0.25, 0.3) is 5.82 Å². The lowest BCUT2D eigenvalue weighted by atomic mass is 10.2. The van der Waals surface area contributed by atoms with Gasteiger partial charge in [0.2, 0.25) is 10.0 Å². The van der Waals surface area contributed by atoms with Gasteiger partial charge in [-0.3, -0.25) is 9.36 Å². The van der Waals surface area contributed by atoms with E-state index in [4.69, 9.17) is 4.74 Å². The van der Waals surface area contributed by atoms with Crippen LogP contribution in [0.4, 0.5) is 5.82 Å². The molecule has 0 atom stereocenters. The second-order valence-electron chi connectivity index (χ2n) is 8.02. The van der Waals surface area contributed by atoms with E-state index in [-0.39, 0.29) is 10.8 Å². The number of nitrogens with zero attached hydrogens (tertiary/aromatic N) is 7. The van der Waals surface area contributed by atoms with Gasteiger partial charge in [-0.05, 0) is 24.3 Å². The van der Waals surface area contributed by atoms with Gasteiger partial charge in [-0.15, -0.1) is 0 Å². The van der Waals surface area contributed by atoms with Crippen LogP contribution in [0, 0.1) is 0 Å². The first kappa shape index (κ1) is 22.4. The molecule has 3 aromatic heterocycles. The van der Waals surface area contributed by atoms with E-state index < -0.39 is 10.0 Å². The number of ether oxygens (including phenoxy) is 1. The molecule has 0 spiro atoms. The van der Waals surface area contributed by atoms with Crippen molar-refractivity contribution in [3.8, 4) is 5.82 Å².